The van der Waals surface area contributed by atoms with Crippen molar-refractivity contribution in [2.75, 3.05) is 7.11 Å². The van der Waals surface area contributed by atoms with Crippen LogP contribution in [0.15, 0.2) is 24.3 Å². The minimum absolute atomic E-state index is 0.0668. The summed E-state index contributed by atoms with van der Waals surface area (Å²) in [6, 6.07) is 4.46. The summed E-state index contributed by atoms with van der Waals surface area (Å²) in [5, 5.41) is 11.2. The van der Waals surface area contributed by atoms with Crippen molar-refractivity contribution in [3.63, 3.8) is 0 Å². The average molecular weight is 287 g/mol. The summed E-state index contributed by atoms with van der Waals surface area (Å²) in [5.74, 6) is 1.15. The molecule has 0 aromatic heterocycles. The number of ether oxygens (including phenoxy) is 1. The Morgan fingerprint density at radius 3 is 2.81 bits per heavy atom. The average Bonchev–Trinajstić information content (AvgIpc) is 2.44. The maximum atomic E-state index is 11.7. The fourth-order valence-corrected chi connectivity index (χ4v) is 1.69. The molecule has 0 aliphatic carbocycles. The maximum Gasteiger partial charge on any atom is 0.327 e. The summed E-state index contributed by atoms with van der Waals surface area (Å²) in [5.41, 5.74) is 1.75. The summed E-state index contributed by atoms with van der Waals surface area (Å²) in [7, 11) is 1.54. The lowest BCUT2D eigenvalue weighted by Crippen LogP contribution is -2.39. The number of aliphatic carboxylic acids is 1. The van der Waals surface area contributed by atoms with Crippen LogP contribution in [0.2, 0.25) is 0 Å². The molecule has 1 aromatic carbocycles. The highest BCUT2D eigenvalue weighted by Gasteiger charge is 2.17. The van der Waals surface area contributed by atoms with E-state index in [1.807, 2.05) is 19.1 Å². The minimum atomic E-state index is -1.16. The standard InChI is InChI=1S/C16H17NO4/c1-4-5-13(16(19)20)17-15(18)9-7-12-10-11(2)6-8-14(12)21-3/h1,6-10,13H,5H2,2-3H3,(H,17,18)(H,19,20)/b9-7+. The van der Waals surface area contributed by atoms with Crippen LogP contribution in [0, 0.1) is 19.3 Å². The molecule has 110 valence electrons. The van der Waals surface area contributed by atoms with Crippen LogP contribution in [0.1, 0.15) is 17.5 Å². The van der Waals surface area contributed by atoms with Crippen LogP contribution in [-0.4, -0.2) is 30.1 Å². The Hall–Kier alpha value is -2.74. The molecule has 0 radical (unpaired) electrons. The van der Waals surface area contributed by atoms with Gasteiger partial charge in [0.2, 0.25) is 5.91 Å². The zero-order valence-electron chi connectivity index (χ0n) is 11.9. The molecule has 0 fully saturated rings. The second-order valence-electron chi connectivity index (χ2n) is 4.39. The van der Waals surface area contributed by atoms with Crippen molar-refractivity contribution in [1.82, 2.24) is 5.32 Å². The van der Waals surface area contributed by atoms with Crippen molar-refractivity contribution in [3.8, 4) is 18.1 Å². The first-order chi connectivity index (χ1) is 9.97. The molecule has 0 bridgehead atoms. The number of carbonyl (C=O) groups is 2. The molecule has 2 N–H and O–H groups in total. The van der Waals surface area contributed by atoms with E-state index in [4.69, 9.17) is 16.3 Å². The topological polar surface area (TPSA) is 75.6 Å². The number of methoxy groups -OCH3 is 1. The van der Waals surface area contributed by atoms with Gasteiger partial charge in [0.1, 0.15) is 11.8 Å². The van der Waals surface area contributed by atoms with Gasteiger partial charge in [-0.25, -0.2) is 4.79 Å². The van der Waals surface area contributed by atoms with E-state index < -0.39 is 17.9 Å². The number of amides is 1. The minimum Gasteiger partial charge on any atom is -0.496 e. The first kappa shape index (κ1) is 16.3. The van der Waals surface area contributed by atoms with E-state index in [1.165, 1.54) is 13.2 Å². The molecule has 0 aliphatic rings. The number of rotatable bonds is 6. The molecule has 0 saturated carbocycles. The van der Waals surface area contributed by atoms with Crippen molar-refractivity contribution in [2.24, 2.45) is 0 Å². The highest BCUT2D eigenvalue weighted by Crippen LogP contribution is 2.20. The lowest BCUT2D eigenvalue weighted by atomic mass is 10.1. The van der Waals surface area contributed by atoms with Gasteiger partial charge in [0.25, 0.3) is 0 Å². The Balaban J connectivity index is 2.81. The van der Waals surface area contributed by atoms with Crippen molar-refractivity contribution in [3.05, 3.63) is 35.4 Å². The molecular weight excluding hydrogens is 270 g/mol. The third-order valence-corrected chi connectivity index (χ3v) is 2.74. The molecular formula is C16H17NO4. The predicted molar refractivity (Wildman–Crippen MR) is 79.8 cm³/mol. The Morgan fingerprint density at radius 2 is 2.24 bits per heavy atom. The summed E-state index contributed by atoms with van der Waals surface area (Å²) in [6.07, 6.45) is 7.82. The van der Waals surface area contributed by atoms with Gasteiger partial charge in [-0.1, -0.05) is 11.6 Å². The summed E-state index contributed by atoms with van der Waals surface area (Å²) in [4.78, 5) is 22.6. The number of aryl methyl sites for hydroxylation is 1. The van der Waals surface area contributed by atoms with Gasteiger partial charge < -0.3 is 15.2 Å². The Labute approximate surface area is 123 Å². The number of carbonyl (C=O) groups excluding carboxylic acids is 1. The van der Waals surface area contributed by atoms with Gasteiger partial charge in [-0.3, -0.25) is 4.79 Å². The van der Waals surface area contributed by atoms with Gasteiger partial charge in [-0.2, -0.15) is 0 Å². The molecule has 0 spiro atoms. The smallest absolute Gasteiger partial charge is 0.327 e. The van der Waals surface area contributed by atoms with E-state index in [2.05, 4.69) is 11.2 Å². The van der Waals surface area contributed by atoms with E-state index in [1.54, 1.807) is 12.1 Å². The number of hydrogen-bond donors (Lipinski definition) is 2. The van der Waals surface area contributed by atoms with Gasteiger partial charge in [0.15, 0.2) is 0 Å². The number of terminal acetylenes is 1. The van der Waals surface area contributed by atoms with E-state index in [0.29, 0.717) is 5.75 Å². The Kier molecular flexibility index (Phi) is 6.02. The van der Waals surface area contributed by atoms with E-state index >= 15 is 0 Å². The molecule has 1 unspecified atom stereocenters. The normalized spacial score (nSPS) is 11.7. The van der Waals surface area contributed by atoms with Gasteiger partial charge in [0, 0.05) is 18.1 Å². The second kappa shape index (κ2) is 7.75. The van der Waals surface area contributed by atoms with E-state index in [9.17, 15) is 9.59 Å². The SMILES string of the molecule is C#CCC(NC(=O)/C=C/c1cc(C)ccc1OC)C(=O)O. The van der Waals surface area contributed by atoms with Crippen molar-refractivity contribution in [1.29, 1.82) is 0 Å². The fraction of sp³-hybridized carbons (Fsp3) is 0.250. The monoisotopic (exact) mass is 287 g/mol. The molecule has 21 heavy (non-hydrogen) atoms. The number of nitrogens with one attached hydrogen (secondary N) is 1. The van der Waals surface area contributed by atoms with Crippen LogP contribution < -0.4 is 10.1 Å². The predicted octanol–water partition coefficient (Wildman–Crippen LogP) is 1.61. The van der Waals surface area contributed by atoms with Crippen LogP contribution >= 0.6 is 0 Å². The third-order valence-electron chi connectivity index (χ3n) is 2.74. The van der Waals surface area contributed by atoms with Crippen LogP contribution in [0.25, 0.3) is 6.08 Å². The van der Waals surface area contributed by atoms with Crippen molar-refractivity contribution < 1.29 is 19.4 Å². The highest BCUT2D eigenvalue weighted by molar-refractivity contribution is 5.94. The molecule has 1 aromatic rings. The van der Waals surface area contributed by atoms with Gasteiger partial charge in [-0.15, -0.1) is 12.3 Å². The summed E-state index contributed by atoms with van der Waals surface area (Å²) in [6.45, 7) is 1.92. The maximum absolute atomic E-state index is 11.7. The Morgan fingerprint density at radius 1 is 1.52 bits per heavy atom. The molecule has 0 aliphatic heterocycles. The zero-order chi connectivity index (χ0) is 15.8. The lowest BCUT2D eigenvalue weighted by molar-refractivity contribution is -0.141. The Bertz CT molecular complexity index is 599. The van der Waals surface area contributed by atoms with E-state index in [-0.39, 0.29) is 6.42 Å². The van der Waals surface area contributed by atoms with Crippen molar-refractivity contribution in [2.45, 2.75) is 19.4 Å². The summed E-state index contributed by atoms with van der Waals surface area (Å²) >= 11 is 0. The van der Waals surface area contributed by atoms with Crippen LogP contribution in [0.5, 0.6) is 5.75 Å². The molecule has 1 rings (SSSR count). The van der Waals surface area contributed by atoms with E-state index in [0.717, 1.165) is 11.1 Å². The molecule has 5 heteroatoms. The van der Waals surface area contributed by atoms with Gasteiger partial charge in [0.05, 0.1) is 7.11 Å². The van der Waals surface area contributed by atoms with Gasteiger partial charge in [-0.05, 0) is 25.1 Å². The molecule has 1 amide bonds. The second-order valence-corrected chi connectivity index (χ2v) is 4.39. The third kappa shape index (κ3) is 5.03. The highest BCUT2D eigenvalue weighted by atomic mass is 16.5. The number of carboxylic acids is 1. The van der Waals surface area contributed by atoms with Crippen LogP contribution in [-0.2, 0) is 9.59 Å². The largest absolute Gasteiger partial charge is 0.496 e. The van der Waals surface area contributed by atoms with Crippen LogP contribution in [0.4, 0.5) is 0 Å². The molecule has 0 heterocycles. The van der Waals surface area contributed by atoms with Crippen LogP contribution in [0.3, 0.4) is 0 Å². The number of benzene rings is 1. The quantitative estimate of drug-likeness (QED) is 0.615. The molecule has 5 nitrogen and oxygen atoms in total. The molecule has 1 atom stereocenters. The number of carboxylic acid groups (broad SMARTS) is 1. The zero-order valence-corrected chi connectivity index (χ0v) is 11.9. The first-order valence-electron chi connectivity index (χ1n) is 6.27. The fourth-order valence-electron chi connectivity index (χ4n) is 1.69. The number of hydrogen-bond acceptors (Lipinski definition) is 3. The first-order valence-corrected chi connectivity index (χ1v) is 6.27. The molecule has 0 saturated heterocycles. The summed E-state index contributed by atoms with van der Waals surface area (Å²) < 4.78 is 5.19. The van der Waals surface area contributed by atoms with Gasteiger partial charge >= 0.3 is 5.97 Å². The lowest BCUT2D eigenvalue weighted by Gasteiger charge is -2.10. The van der Waals surface area contributed by atoms with Crippen molar-refractivity contribution >= 4 is 18.0 Å².